The van der Waals surface area contributed by atoms with Gasteiger partial charge in [-0.15, -0.1) is 12.6 Å². The molecule has 4 nitrogen and oxygen atoms in total. The first kappa shape index (κ1) is 15.9. The first-order valence-corrected chi connectivity index (χ1v) is 7.72. The zero-order valence-electron chi connectivity index (χ0n) is 11.0. The van der Waals surface area contributed by atoms with Crippen LogP contribution in [0.1, 0.15) is 18.4 Å². The van der Waals surface area contributed by atoms with E-state index in [9.17, 15) is 14.0 Å². The highest BCUT2D eigenvalue weighted by Gasteiger charge is 2.33. The fourth-order valence-corrected chi connectivity index (χ4v) is 3.44. The Morgan fingerprint density at radius 1 is 1.48 bits per heavy atom. The Kier molecular flexibility index (Phi) is 5.30. The van der Waals surface area contributed by atoms with E-state index in [1.165, 1.54) is 28.8 Å². The lowest BCUT2D eigenvalue weighted by molar-refractivity contribution is -0.137. The number of carboxylic acid groups (broad SMARTS) is 1. The number of carboxylic acids is 1. The van der Waals surface area contributed by atoms with Gasteiger partial charge in [0.25, 0.3) is 5.91 Å². The van der Waals surface area contributed by atoms with Crippen LogP contribution < -0.4 is 0 Å². The Morgan fingerprint density at radius 2 is 2.19 bits per heavy atom. The monoisotopic (exact) mass is 327 g/mol. The van der Waals surface area contributed by atoms with Crippen molar-refractivity contribution < 1.29 is 19.1 Å². The van der Waals surface area contributed by atoms with Gasteiger partial charge in [-0.1, -0.05) is 30.0 Å². The van der Waals surface area contributed by atoms with Gasteiger partial charge in [0.05, 0.1) is 4.91 Å². The number of nitrogens with zero attached hydrogens (tertiary/aromatic N) is 1. The van der Waals surface area contributed by atoms with Crippen LogP contribution in [-0.4, -0.2) is 33.1 Å². The van der Waals surface area contributed by atoms with Gasteiger partial charge < -0.3 is 10.0 Å². The number of carbonyl (C=O) groups excluding carboxylic acids is 1. The van der Waals surface area contributed by atoms with Crippen molar-refractivity contribution in [2.75, 3.05) is 6.54 Å². The predicted octanol–water partition coefficient (Wildman–Crippen LogP) is 2.82. The molecule has 7 heteroatoms. The number of halogens is 1. The summed E-state index contributed by atoms with van der Waals surface area (Å²) < 4.78 is 13.2. The molecule has 0 aliphatic carbocycles. The third-order valence-electron chi connectivity index (χ3n) is 2.95. The fraction of sp³-hybridized carbons (Fsp3) is 0.286. The Bertz CT molecular complexity index is 591. The van der Waals surface area contributed by atoms with Gasteiger partial charge in [-0.05, 0) is 18.6 Å². The highest BCUT2D eigenvalue weighted by Crippen LogP contribution is 2.38. The summed E-state index contributed by atoms with van der Waals surface area (Å²) in [5.74, 6) is -1.53. The summed E-state index contributed by atoms with van der Waals surface area (Å²) in [7, 11) is 0. The van der Waals surface area contributed by atoms with Crippen LogP contribution in [0.2, 0.25) is 0 Å². The molecule has 0 saturated carbocycles. The van der Waals surface area contributed by atoms with Crippen LogP contribution in [0.3, 0.4) is 0 Å². The minimum atomic E-state index is -0.896. The van der Waals surface area contributed by atoms with Crippen LogP contribution in [0.4, 0.5) is 4.39 Å². The second kappa shape index (κ2) is 7.00. The minimum absolute atomic E-state index is 0.00130. The molecule has 1 aromatic carbocycles. The van der Waals surface area contributed by atoms with Crippen LogP contribution in [0, 0.1) is 5.82 Å². The normalized spacial score (nSPS) is 20.3. The average Bonchev–Trinajstić information content (AvgIpc) is 2.68. The summed E-state index contributed by atoms with van der Waals surface area (Å²) in [6, 6.07) is 6.21. The molecular weight excluding hydrogens is 313 g/mol. The highest BCUT2D eigenvalue weighted by atomic mass is 32.2. The summed E-state index contributed by atoms with van der Waals surface area (Å²) in [5, 5.41) is 8.62. The summed E-state index contributed by atoms with van der Waals surface area (Å²) in [5.41, 5.74) is 0.348. The molecule has 1 aromatic rings. The van der Waals surface area contributed by atoms with Gasteiger partial charge in [-0.25, -0.2) is 4.39 Å². The number of hydrogen-bond donors (Lipinski definition) is 2. The molecule has 1 aliphatic rings. The summed E-state index contributed by atoms with van der Waals surface area (Å²) in [6.07, 6.45) is 1.87. The smallest absolute Gasteiger partial charge is 0.303 e. The molecule has 112 valence electrons. The molecule has 1 aliphatic heterocycles. The third-order valence-corrected chi connectivity index (χ3v) is 4.56. The molecule has 0 aromatic heterocycles. The van der Waals surface area contributed by atoms with Crippen molar-refractivity contribution in [2.24, 2.45) is 0 Å². The molecule has 0 spiro atoms. The van der Waals surface area contributed by atoms with Crippen molar-refractivity contribution in [3.05, 3.63) is 40.6 Å². The maximum atomic E-state index is 13.6. The average molecular weight is 327 g/mol. The topological polar surface area (TPSA) is 57.6 Å². The zero-order chi connectivity index (χ0) is 15.4. The number of thiol groups is 1. The van der Waals surface area contributed by atoms with Gasteiger partial charge in [0.15, 0.2) is 0 Å². The Labute approximate surface area is 131 Å². The fourth-order valence-electron chi connectivity index (χ4n) is 1.91. The van der Waals surface area contributed by atoms with E-state index in [1.807, 2.05) is 0 Å². The molecule has 1 heterocycles. The summed E-state index contributed by atoms with van der Waals surface area (Å²) in [4.78, 5) is 24.6. The molecular formula is C14H14FNO3S2. The molecule has 1 fully saturated rings. The molecule has 0 bridgehead atoms. The van der Waals surface area contributed by atoms with Crippen LogP contribution in [-0.2, 0) is 9.59 Å². The maximum Gasteiger partial charge on any atom is 0.303 e. The van der Waals surface area contributed by atoms with Gasteiger partial charge in [0, 0.05) is 18.5 Å². The number of rotatable bonds is 5. The van der Waals surface area contributed by atoms with E-state index in [-0.39, 0.29) is 17.0 Å². The van der Waals surface area contributed by atoms with Crippen LogP contribution in [0.15, 0.2) is 29.2 Å². The standard InChI is InChI=1S/C14H14FNO3S2/c15-10-5-2-1-4-9(10)8-11-13(19)16(14(20)21-11)7-3-6-12(17)18/h1-2,4-5,8,14,20H,3,6-7H2,(H,17,18)/b11-8-. The lowest BCUT2D eigenvalue weighted by Gasteiger charge is -2.18. The van der Waals surface area contributed by atoms with E-state index in [1.54, 1.807) is 18.2 Å². The number of carbonyl (C=O) groups is 2. The van der Waals surface area contributed by atoms with Crippen molar-refractivity contribution in [2.45, 2.75) is 17.5 Å². The zero-order valence-corrected chi connectivity index (χ0v) is 12.7. The number of amides is 1. The molecule has 1 saturated heterocycles. The lowest BCUT2D eigenvalue weighted by atomic mass is 10.2. The van der Waals surface area contributed by atoms with E-state index in [0.29, 0.717) is 23.4 Å². The molecule has 1 N–H and O–H groups in total. The predicted molar refractivity (Wildman–Crippen MR) is 83.3 cm³/mol. The SMILES string of the molecule is O=C(O)CCCN1C(=O)/C(=C/c2ccccc2F)SC1S. The van der Waals surface area contributed by atoms with Gasteiger partial charge >= 0.3 is 5.97 Å². The molecule has 0 radical (unpaired) electrons. The van der Waals surface area contributed by atoms with E-state index in [2.05, 4.69) is 12.6 Å². The van der Waals surface area contributed by atoms with Gasteiger partial charge in [0.2, 0.25) is 0 Å². The number of hydrogen-bond acceptors (Lipinski definition) is 4. The van der Waals surface area contributed by atoms with Crippen molar-refractivity contribution in [3.63, 3.8) is 0 Å². The lowest BCUT2D eigenvalue weighted by Crippen LogP contribution is -2.30. The Balaban J connectivity index is 2.09. The van der Waals surface area contributed by atoms with E-state index >= 15 is 0 Å². The van der Waals surface area contributed by atoms with E-state index in [4.69, 9.17) is 5.11 Å². The van der Waals surface area contributed by atoms with Crippen LogP contribution in [0.25, 0.3) is 6.08 Å². The molecule has 1 atom stereocenters. The first-order valence-electron chi connectivity index (χ1n) is 6.33. The largest absolute Gasteiger partial charge is 0.481 e. The first-order chi connectivity index (χ1) is 9.99. The second-order valence-electron chi connectivity index (χ2n) is 4.47. The highest BCUT2D eigenvalue weighted by molar-refractivity contribution is 8.14. The van der Waals surface area contributed by atoms with Crippen LogP contribution in [0.5, 0.6) is 0 Å². The second-order valence-corrected chi connectivity index (χ2v) is 6.43. The molecule has 1 unspecified atom stereocenters. The quantitative estimate of drug-likeness (QED) is 0.645. The Hall–Kier alpha value is -1.47. The summed E-state index contributed by atoms with van der Waals surface area (Å²) >= 11 is 5.54. The maximum absolute atomic E-state index is 13.6. The molecule has 21 heavy (non-hydrogen) atoms. The van der Waals surface area contributed by atoms with Crippen molar-refractivity contribution >= 4 is 42.3 Å². The molecule has 2 rings (SSSR count). The number of aliphatic carboxylic acids is 1. The van der Waals surface area contributed by atoms with E-state index < -0.39 is 11.8 Å². The number of thioether (sulfide) groups is 1. The van der Waals surface area contributed by atoms with Crippen molar-refractivity contribution in [3.8, 4) is 0 Å². The van der Waals surface area contributed by atoms with Crippen molar-refractivity contribution in [1.82, 2.24) is 4.90 Å². The number of benzene rings is 1. The van der Waals surface area contributed by atoms with Gasteiger partial charge in [0.1, 0.15) is 10.5 Å². The van der Waals surface area contributed by atoms with Gasteiger partial charge in [-0.3, -0.25) is 9.59 Å². The third kappa shape index (κ3) is 4.01. The van der Waals surface area contributed by atoms with Crippen LogP contribution >= 0.6 is 24.4 Å². The minimum Gasteiger partial charge on any atom is -0.481 e. The molecule has 1 amide bonds. The summed E-state index contributed by atoms with van der Waals surface area (Å²) in [6.45, 7) is 0.320. The Morgan fingerprint density at radius 3 is 2.86 bits per heavy atom. The van der Waals surface area contributed by atoms with Crippen molar-refractivity contribution in [1.29, 1.82) is 0 Å². The van der Waals surface area contributed by atoms with Gasteiger partial charge in [-0.2, -0.15) is 0 Å². The van der Waals surface area contributed by atoms with E-state index in [0.717, 1.165) is 0 Å².